The Bertz CT molecular complexity index is 662. The molecule has 1 aromatic rings. The van der Waals surface area contributed by atoms with Crippen LogP contribution in [-0.2, 0) is 9.05 Å². The first kappa shape index (κ1) is 16.7. The fourth-order valence-corrected chi connectivity index (χ4v) is 4.44. The van der Waals surface area contributed by atoms with Crippen molar-refractivity contribution in [1.29, 1.82) is 0 Å². The van der Waals surface area contributed by atoms with E-state index in [1.165, 1.54) is 19.3 Å². The second kappa shape index (κ2) is 6.62. The van der Waals surface area contributed by atoms with Gasteiger partial charge in [-0.25, -0.2) is 12.8 Å². The Morgan fingerprint density at radius 2 is 2.10 bits per heavy atom. The van der Waals surface area contributed by atoms with E-state index in [9.17, 15) is 17.6 Å². The van der Waals surface area contributed by atoms with Crippen LogP contribution in [0.5, 0.6) is 0 Å². The molecule has 0 aliphatic heterocycles. The highest BCUT2D eigenvalue weighted by atomic mass is 79.9. The lowest BCUT2D eigenvalue weighted by Gasteiger charge is -2.25. The lowest BCUT2D eigenvalue weighted by Crippen LogP contribution is -2.28. The predicted octanol–water partition coefficient (Wildman–Crippen LogP) is 3.44. The topological polar surface area (TPSA) is 63.2 Å². The highest BCUT2D eigenvalue weighted by Gasteiger charge is 2.23. The lowest BCUT2D eigenvalue weighted by molar-refractivity contribution is 0.0947. The first-order chi connectivity index (χ1) is 9.79. The Labute approximate surface area is 135 Å². The van der Waals surface area contributed by atoms with Gasteiger partial charge in [0, 0.05) is 17.2 Å². The fraction of sp³-hybridized carbons (Fsp3) is 0.462. The summed E-state index contributed by atoms with van der Waals surface area (Å²) >= 11 is 3.01. The molecule has 1 aliphatic rings. The van der Waals surface area contributed by atoms with Crippen molar-refractivity contribution in [1.82, 2.24) is 5.32 Å². The van der Waals surface area contributed by atoms with Crippen LogP contribution in [0.3, 0.4) is 0 Å². The molecular weight excluding hydrogens is 385 g/mol. The predicted molar refractivity (Wildman–Crippen MR) is 81.4 cm³/mol. The van der Waals surface area contributed by atoms with Gasteiger partial charge < -0.3 is 5.32 Å². The number of amides is 1. The third-order valence-corrected chi connectivity index (χ3v) is 6.04. The molecule has 4 nitrogen and oxygen atoms in total. The van der Waals surface area contributed by atoms with Gasteiger partial charge in [-0.05, 0) is 40.4 Å². The molecule has 1 N–H and O–H groups in total. The molecule has 1 aliphatic carbocycles. The number of carbonyl (C=O) groups is 1. The van der Waals surface area contributed by atoms with Crippen molar-refractivity contribution in [3.63, 3.8) is 0 Å². The molecule has 1 aromatic carbocycles. The Morgan fingerprint density at radius 3 is 2.62 bits per heavy atom. The molecule has 0 heterocycles. The number of hydrogen-bond acceptors (Lipinski definition) is 3. The summed E-state index contributed by atoms with van der Waals surface area (Å²) in [4.78, 5) is 11.6. The third-order valence-electron chi connectivity index (χ3n) is 3.57. The molecule has 1 fully saturated rings. The average molecular weight is 399 g/mol. The van der Waals surface area contributed by atoms with E-state index in [4.69, 9.17) is 10.7 Å². The van der Waals surface area contributed by atoms with Crippen LogP contribution in [0.15, 0.2) is 21.5 Å². The molecule has 0 radical (unpaired) electrons. The Hall–Kier alpha value is -0.660. The smallest absolute Gasteiger partial charge is 0.262 e. The van der Waals surface area contributed by atoms with Gasteiger partial charge in [0.2, 0.25) is 0 Å². The van der Waals surface area contributed by atoms with E-state index in [-0.39, 0.29) is 10.0 Å². The van der Waals surface area contributed by atoms with E-state index >= 15 is 0 Å². The molecule has 1 amide bonds. The van der Waals surface area contributed by atoms with E-state index in [0.29, 0.717) is 12.5 Å². The Kier molecular flexibility index (Phi) is 5.27. The summed E-state index contributed by atoms with van der Waals surface area (Å²) in [7, 11) is 1.09. The summed E-state index contributed by atoms with van der Waals surface area (Å²) < 4.78 is 36.2. The second-order valence-corrected chi connectivity index (χ2v) is 8.37. The first-order valence-corrected chi connectivity index (χ1v) is 9.61. The van der Waals surface area contributed by atoms with E-state index in [1.54, 1.807) is 0 Å². The van der Waals surface area contributed by atoms with Crippen LogP contribution < -0.4 is 5.32 Å². The standard InChI is InChI=1S/C13H14BrClFNO3S/c14-12-10(6-9(16)7-11(12)21(15,19)20)13(18)17-5-4-8-2-1-3-8/h6-8H,1-5H2,(H,17,18). The van der Waals surface area contributed by atoms with Gasteiger partial charge in [0.1, 0.15) is 10.7 Å². The van der Waals surface area contributed by atoms with Crippen LogP contribution in [0.2, 0.25) is 0 Å². The molecule has 0 spiro atoms. The van der Waals surface area contributed by atoms with Crippen molar-refractivity contribution in [2.45, 2.75) is 30.6 Å². The normalized spacial score (nSPS) is 15.6. The van der Waals surface area contributed by atoms with E-state index in [0.717, 1.165) is 18.6 Å². The van der Waals surface area contributed by atoms with Crippen LogP contribution in [-0.4, -0.2) is 20.9 Å². The van der Waals surface area contributed by atoms with Crippen LogP contribution >= 0.6 is 26.6 Å². The maximum atomic E-state index is 13.5. The number of benzene rings is 1. The molecular formula is C13H14BrClFNO3S. The zero-order valence-electron chi connectivity index (χ0n) is 11.0. The molecule has 116 valence electrons. The maximum absolute atomic E-state index is 13.5. The fourth-order valence-electron chi connectivity index (χ4n) is 2.17. The minimum absolute atomic E-state index is 0.0277. The van der Waals surface area contributed by atoms with Crippen LogP contribution in [0, 0.1) is 11.7 Å². The highest BCUT2D eigenvalue weighted by molar-refractivity contribution is 9.10. The molecule has 2 rings (SSSR count). The van der Waals surface area contributed by atoms with Crippen LogP contribution in [0.1, 0.15) is 36.0 Å². The Balaban J connectivity index is 2.14. The summed E-state index contributed by atoms with van der Waals surface area (Å²) in [5, 5.41) is 2.67. The summed E-state index contributed by atoms with van der Waals surface area (Å²) in [5.41, 5.74) is -0.0807. The summed E-state index contributed by atoms with van der Waals surface area (Å²) in [5.74, 6) is -0.719. The zero-order chi connectivity index (χ0) is 15.6. The molecule has 0 bridgehead atoms. The van der Waals surface area contributed by atoms with Crippen LogP contribution in [0.4, 0.5) is 4.39 Å². The largest absolute Gasteiger partial charge is 0.352 e. The molecule has 0 unspecified atom stereocenters. The monoisotopic (exact) mass is 397 g/mol. The van der Waals surface area contributed by atoms with Gasteiger partial charge in [0.25, 0.3) is 15.0 Å². The molecule has 21 heavy (non-hydrogen) atoms. The van der Waals surface area contributed by atoms with Crippen molar-refractivity contribution in [3.05, 3.63) is 28.0 Å². The number of nitrogens with one attached hydrogen (secondary N) is 1. The number of rotatable bonds is 5. The van der Waals surface area contributed by atoms with Crippen molar-refractivity contribution < 1.29 is 17.6 Å². The molecule has 8 heteroatoms. The number of halogens is 3. The molecule has 0 atom stereocenters. The van der Waals surface area contributed by atoms with E-state index in [1.807, 2.05) is 0 Å². The van der Waals surface area contributed by atoms with Gasteiger partial charge in [-0.15, -0.1) is 0 Å². The maximum Gasteiger partial charge on any atom is 0.262 e. The molecule has 0 aromatic heterocycles. The van der Waals surface area contributed by atoms with Crippen molar-refractivity contribution in [3.8, 4) is 0 Å². The molecule has 0 saturated heterocycles. The first-order valence-electron chi connectivity index (χ1n) is 6.51. The van der Waals surface area contributed by atoms with Gasteiger partial charge in [-0.2, -0.15) is 0 Å². The zero-order valence-corrected chi connectivity index (χ0v) is 14.2. The van der Waals surface area contributed by atoms with Crippen LogP contribution in [0.25, 0.3) is 0 Å². The summed E-state index contributed by atoms with van der Waals surface area (Å²) in [6.45, 7) is 0.482. The highest BCUT2D eigenvalue weighted by Crippen LogP contribution is 2.30. The average Bonchev–Trinajstić information content (AvgIpc) is 2.33. The van der Waals surface area contributed by atoms with Crippen molar-refractivity contribution >= 4 is 41.6 Å². The minimum Gasteiger partial charge on any atom is -0.352 e. The quantitative estimate of drug-likeness (QED) is 0.773. The van der Waals surface area contributed by atoms with Gasteiger partial charge in [-0.1, -0.05) is 19.3 Å². The van der Waals surface area contributed by atoms with E-state index < -0.39 is 25.7 Å². The van der Waals surface area contributed by atoms with Gasteiger partial charge in [0.15, 0.2) is 0 Å². The lowest BCUT2D eigenvalue weighted by atomic mass is 9.83. The van der Waals surface area contributed by atoms with Gasteiger partial charge in [0.05, 0.1) is 10.0 Å². The van der Waals surface area contributed by atoms with E-state index in [2.05, 4.69) is 21.2 Å². The van der Waals surface area contributed by atoms with Gasteiger partial charge >= 0.3 is 0 Å². The van der Waals surface area contributed by atoms with Gasteiger partial charge in [-0.3, -0.25) is 4.79 Å². The van der Waals surface area contributed by atoms with Crippen molar-refractivity contribution in [2.24, 2.45) is 5.92 Å². The SMILES string of the molecule is O=C(NCCC1CCC1)c1cc(F)cc(S(=O)(=O)Cl)c1Br. The second-order valence-electron chi connectivity index (χ2n) is 5.04. The molecule has 1 saturated carbocycles. The minimum atomic E-state index is -4.14. The number of carbonyl (C=O) groups excluding carboxylic acids is 1. The Morgan fingerprint density at radius 1 is 1.43 bits per heavy atom. The number of hydrogen-bond donors (Lipinski definition) is 1. The summed E-state index contributed by atoms with van der Waals surface area (Å²) in [6, 6.07) is 1.76. The summed E-state index contributed by atoms with van der Waals surface area (Å²) in [6.07, 6.45) is 4.45. The third kappa shape index (κ3) is 4.17. The van der Waals surface area contributed by atoms with Crippen molar-refractivity contribution in [2.75, 3.05) is 6.54 Å².